The van der Waals surface area contributed by atoms with Crippen LogP contribution in [0.4, 0.5) is 5.95 Å². The van der Waals surface area contributed by atoms with Gasteiger partial charge in [-0.15, -0.1) is 0 Å². The Morgan fingerprint density at radius 1 is 1.56 bits per heavy atom. The first-order chi connectivity index (χ1) is 7.38. The van der Waals surface area contributed by atoms with Gasteiger partial charge in [-0.2, -0.15) is 0 Å². The number of carboxylic acid groups (broad SMARTS) is 1. The van der Waals surface area contributed by atoms with Crippen LogP contribution in [0.2, 0.25) is 0 Å². The molecule has 1 N–H and O–H groups in total. The third-order valence-corrected chi connectivity index (χ3v) is 2.94. The highest BCUT2D eigenvalue weighted by Gasteiger charge is 2.23. The average molecular weight is 223 g/mol. The van der Waals surface area contributed by atoms with Crippen molar-refractivity contribution < 1.29 is 9.90 Å². The smallest absolute Gasteiger partial charge is 0.354 e. The summed E-state index contributed by atoms with van der Waals surface area (Å²) in [5.41, 5.74) is -0.0827. The van der Waals surface area contributed by atoms with Crippen molar-refractivity contribution in [1.29, 1.82) is 0 Å². The molecule has 88 valence electrons. The van der Waals surface area contributed by atoms with E-state index in [1.54, 1.807) is 0 Å². The Kier molecular flexibility index (Phi) is 3.47. The predicted octanol–water partition coefficient (Wildman–Crippen LogP) is 1.80. The van der Waals surface area contributed by atoms with Crippen molar-refractivity contribution in [3.8, 4) is 0 Å². The lowest BCUT2D eigenvalue weighted by Gasteiger charge is -2.34. The van der Waals surface area contributed by atoms with Crippen LogP contribution in [0.1, 0.15) is 37.7 Å². The van der Waals surface area contributed by atoms with Gasteiger partial charge in [0.1, 0.15) is 0 Å². The van der Waals surface area contributed by atoms with Gasteiger partial charge in [0.25, 0.3) is 0 Å². The van der Waals surface area contributed by atoms with Crippen molar-refractivity contribution in [1.82, 2.24) is 9.97 Å². The minimum atomic E-state index is -1.04. The molecule has 0 aliphatic carbocycles. The summed E-state index contributed by atoms with van der Waals surface area (Å²) in [4.78, 5) is 20.8. The summed E-state index contributed by atoms with van der Waals surface area (Å²) in [6, 6.07) is 1.39. The van der Waals surface area contributed by atoms with Crippen LogP contribution in [-0.4, -0.2) is 33.6 Å². The minimum absolute atomic E-state index is 0.0174. The van der Waals surface area contributed by atoms with Crippen molar-refractivity contribution in [2.75, 3.05) is 11.9 Å². The Morgan fingerprint density at radius 3 is 2.69 bits per heavy atom. The molecule has 1 aromatic heterocycles. The largest absolute Gasteiger partial charge is 0.477 e. The molecule has 0 aliphatic rings. The monoisotopic (exact) mass is 223 g/mol. The fourth-order valence-electron chi connectivity index (χ4n) is 1.14. The zero-order valence-corrected chi connectivity index (χ0v) is 10.1. The summed E-state index contributed by atoms with van der Waals surface area (Å²) in [7, 11) is 1.87. The molecular formula is C11H17N3O2. The summed E-state index contributed by atoms with van der Waals surface area (Å²) >= 11 is 0. The van der Waals surface area contributed by atoms with Gasteiger partial charge in [0.2, 0.25) is 5.95 Å². The van der Waals surface area contributed by atoms with Gasteiger partial charge in [-0.3, -0.25) is 0 Å². The first kappa shape index (κ1) is 12.4. The highest BCUT2D eigenvalue weighted by atomic mass is 16.4. The number of rotatable bonds is 4. The van der Waals surface area contributed by atoms with E-state index in [-0.39, 0.29) is 11.2 Å². The third kappa shape index (κ3) is 2.48. The van der Waals surface area contributed by atoms with Crippen LogP contribution in [0.5, 0.6) is 0 Å². The van der Waals surface area contributed by atoms with Gasteiger partial charge in [0, 0.05) is 18.8 Å². The van der Waals surface area contributed by atoms with Gasteiger partial charge >= 0.3 is 5.97 Å². The molecule has 0 unspecified atom stereocenters. The molecule has 0 spiro atoms. The maximum absolute atomic E-state index is 10.8. The van der Waals surface area contributed by atoms with Crippen molar-refractivity contribution in [2.24, 2.45) is 0 Å². The molecule has 0 saturated carbocycles. The lowest BCUT2D eigenvalue weighted by atomic mass is 10.0. The Morgan fingerprint density at radius 2 is 2.19 bits per heavy atom. The topological polar surface area (TPSA) is 66.3 Å². The number of nitrogens with zero attached hydrogens (tertiary/aromatic N) is 3. The van der Waals surface area contributed by atoms with E-state index in [1.165, 1.54) is 12.3 Å². The molecule has 1 aromatic rings. The number of carboxylic acids is 1. The Hall–Kier alpha value is -1.65. The maximum Gasteiger partial charge on any atom is 0.354 e. The SMILES string of the molecule is CCC(C)(C)N(C)c1nccc(C(=O)O)n1. The average Bonchev–Trinajstić information content (AvgIpc) is 2.28. The molecule has 0 atom stereocenters. The van der Waals surface area contributed by atoms with Crippen LogP contribution in [0, 0.1) is 0 Å². The summed E-state index contributed by atoms with van der Waals surface area (Å²) < 4.78 is 0. The first-order valence-corrected chi connectivity index (χ1v) is 5.18. The second-order valence-corrected chi connectivity index (χ2v) is 4.27. The van der Waals surface area contributed by atoms with Crippen molar-refractivity contribution >= 4 is 11.9 Å². The predicted molar refractivity (Wildman–Crippen MR) is 61.8 cm³/mol. The number of hydrogen-bond acceptors (Lipinski definition) is 4. The maximum atomic E-state index is 10.8. The molecule has 0 fully saturated rings. The number of aromatic carboxylic acids is 1. The molecule has 1 rings (SSSR count). The second-order valence-electron chi connectivity index (χ2n) is 4.27. The van der Waals surface area contributed by atoms with Crippen LogP contribution in [0.3, 0.4) is 0 Å². The van der Waals surface area contributed by atoms with Crippen molar-refractivity contribution in [3.63, 3.8) is 0 Å². The van der Waals surface area contributed by atoms with E-state index in [0.29, 0.717) is 5.95 Å². The highest BCUT2D eigenvalue weighted by molar-refractivity contribution is 5.85. The fourth-order valence-corrected chi connectivity index (χ4v) is 1.14. The highest BCUT2D eigenvalue weighted by Crippen LogP contribution is 2.21. The van der Waals surface area contributed by atoms with Gasteiger partial charge < -0.3 is 10.0 Å². The lowest BCUT2D eigenvalue weighted by molar-refractivity contribution is 0.0690. The summed E-state index contributed by atoms with van der Waals surface area (Å²) in [6.07, 6.45) is 2.39. The second kappa shape index (κ2) is 4.47. The molecule has 0 aliphatic heterocycles. The van der Waals surface area contributed by atoms with E-state index in [0.717, 1.165) is 6.42 Å². The number of anilines is 1. The van der Waals surface area contributed by atoms with Gasteiger partial charge in [0.05, 0.1) is 0 Å². The molecule has 5 heteroatoms. The molecule has 0 bridgehead atoms. The molecule has 5 nitrogen and oxygen atoms in total. The molecular weight excluding hydrogens is 206 g/mol. The Bertz CT molecular complexity index is 391. The standard InChI is InChI=1S/C11H17N3O2/c1-5-11(2,3)14(4)10-12-7-6-8(13-10)9(15)16/h6-7H,5H2,1-4H3,(H,15,16). The Balaban J connectivity index is 3.05. The molecule has 0 amide bonds. The quantitative estimate of drug-likeness (QED) is 0.843. The molecule has 1 heterocycles. The van der Waals surface area contributed by atoms with E-state index in [2.05, 4.69) is 30.7 Å². The van der Waals surface area contributed by atoms with Crippen molar-refractivity contribution in [3.05, 3.63) is 18.0 Å². The van der Waals surface area contributed by atoms with E-state index < -0.39 is 5.97 Å². The molecule has 0 aromatic carbocycles. The van der Waals surface area contributed by atoms with E-state index >= 15 is 0 Å². The van der Waals surface area contributed by atoms with Crippen LogP contribution >= 0.6 is 0 Å². The summed E-state index contributed by atoms with van der Waals surface area (Å²) in [6.45, 7) is 6.19. The minimum Gasteiger partial charge on any atom is -0.477 e. The van der Waals surface area contributed by atoms with Crippen LogP contribution in [0.25, 0.3) is 0 Å². The normalized spacial score (nSPS) is 11.2. The van der Waals surface area contributed by atoms with Crippen molar-refractivity contribution in [2.45, 2.75) is 32.7 Å². The van der Waals surface area contributed by atoms with E-state index in [1.807, 2.05) is 11.9 Å². The number of hydrogen-bond donors (Lipinski definition) is 1. The van der Waals surface area contributed by atoms with Crippen LogP contribution < -0.4 is 4.90 Å². The first-order valence-electron chi connectivity index (χ1n) is 5.18. The summed E-state index contributed by atoms with van der Waals surface area (Å²) in [5, 5.41) is 8.84. The molecule has 16 heavy (non-hydrogen) atoms. The Labute approximate surface area is 95.1 Å². The van der Waals surface area contributed by atoms with Gasteiger partial charge in [-0.1, -0.05) is 6.92 Å². The number of aromatic nitrogens is 2. The van der Waals surface area contributed by atoms with Gasteiger partial charge in [-0.05, 0) is 26.3 Å². The molecule has 0 radical (unpaired) electrons. The number of carbonyl (C=O) groups is 1. The van der Waals surface area contributed by atoms with Gasteiger partial charge in [0.15, 0.2) is 5.69 Å². The fraction of sp³-hybridized carbons (Fsp3) is 0.545. The molecule has 0 saturated heterocycles. The van der Waals surface area contributed by atoms with E-state index in [9.17, 15) is 4.79 Å². The van der Waals surface area contributed by atoms with Crippen LogP contribution in [-0.2, 0) is 0 Å². The third-order valence-electron chi connectivity index (χ3n) is 2.94. The van der Waals surface area contributed by atoms with Gasteiger partial charge in [-0.25, -0.2) is 14.8 Å². The zero-order valence-electron chi connectivity index (χ0n) is 10.1. The van der Waals surface area contributed by atoms with Crippen LogP contribution in [0.15, 0.2) is 12.3 Å². The lowest BCUT2D eigenvalue weighted by Crippen LogP contribution is -2.41. The summed E-state index contributed by atoms with van der Waals surface area (Å²) in [5.74, 6) is -0.599. The van der Waals surface area contributed by atoms with E-state index in [4.69, 9.17) is 5.11 Å². The zero-order chi connectivity index (χ0) is 12.3.